The fourth-order valence-corrected chi connectivity index (χ4v) is 3.67. The van der Waals surface area contributed by atoms with Gasteiger partial charge < -0.3 is 19.1 Å². The second-order valence-electron chi connectivity index (χ2n) is 9.35. The lowest BCUT2D eigenvalue weighted by molar-refractivity contribution is -0.768. The van der Waals surface area contributed by atoms with Gasteiger partial charge in [-0.15, -0.1) is 20.2 Å². The molecule has 0 aliphatic rings. The average molecular weight is 621 g/mol. The van der Waals surface area contributed by atoms with Gasteiger partial charge in [0, 0.05) is 6.42 Å². The van der Waals surface area contributed by atoms with Gasteiger partial charge in [0.25, 0.3) is 10.2 Å². The highest BCUT2D eigenvalue weighted by Crippen LogP contribution is 2.31. The van der Waals surface area contributed by atoms with Crippen LogP contribution < -0.4 is 4.74 Å². The van der Waals surface area contributed by atoms with E-state index in [2.05, 4.69) is 35.7 Å². The maximum absolute atomic E-state index is 12.6. The number of rotatable bonds is 21. The Labute approximate surface area is 250 Å². The smallest absolute Gasteiger partial charge is 0.416 e. The van der Waals surface area contributed by atoms with Crippen molar-refractivity contribution in [3.8, 4) is 5.75 Å². The van der Waals surface area contributed by atoms with Gasteiger partial charge in [0.2, 0.25) is 0 Å². The molecular weight excluding hydrogens is 577 g/mol. The fraction of sp³-hybridized carbons (Fsp3) is 0.621. The van der Waals surface area contributed by atoms with Gasteiger partial charge in [-0.1, -0.05) is 64.0 Å². The molecule has 0 amide bonds. The lowest BCUT2D eigenvalue weighted by atomic mass is 9.98. The summed E-state index contributed by atoms with van der Waals surface area (Å²) < 4.78 is 48.0. The van der Waals surface area contributed by atoms with Crippen molar-refractivity contribution in [3.63, 3.8) is 0 Å². The molecule has 0 fully saturated rings. The van der Waals surface area contributed by atoms with Crippen LogP contribution in [0.5, 0.6) is 5.75 Å². The van der Waals surface area contributed by atoms with Gasteiger partial charge in [-0.05, 0) is 62.6 Å². The molecule has 0 heterocycles. The van der Waals surface area contributed by atoms with E-state index in [9.17, 15) is 38.2 Å². The highest BCUT2D eigenvalue weighted by atomic mass is 19.4. The number of alkyl halides is 3. The normalized spacial score (nSPS) is 11.4. The van der Waals surface area contributed by atoms with Gasteiger partial charge in [0.15, 0.2) is 0 Å². The Kier molecular flexibility index (Phi) is 21.6. The molecule has 0 spiro atoms. The van der Waals surface area contributed by atoms with E-state index in [1.165, 1.54) is 18.9 Å². The SMILES string of the molecule is CC/C=C\CCCC(=O)OC(CO[N+](=O)[O-])CO[N+](=O)[O-].CCCC(/C=C/CCOc1cccc(C(F)(F)F)c1)CCC. The van der Waals surface area contributed by atoms with Crippen LogP contribution in [-0.2, 0) is 25.4 Å². The van der Waals surface area contributed by atoms with E-state index in [1.807, 2.05) is 19.1 Å². The molecule has 0 saturated carbocycles. The molecular formula is C29H43F3N2O9. The monoisotopic (exact) mass is 620 g/mol. The minimum Gasteiger partial charge on any atom is -0.493 e. The number of carbonyl (C=O) groups excluding carboxylic acids is 1. The number of halogens is 3. The molecule has 0 unspecified atom stereocenters. The molecule has 0 N–H and O–H groups in total. The van der Waals surface area contributed by atoms with Crippen molar-refractivity contribution in [2.24, 2.45) is 5.92 Å². The van der Waals surface area contributed by atoms with Crippen molar-refractivity contribution in [1.29, 1.82) is 0 Å². The first-order valence-corrected chi connectivity index (χ1v) is 14.3. The Hall–Kier alpha value is -3.84. The third-order valence-corrected chi connectivity index (χ3v) is 5.63. The summed E-state index contributed by atoms with van der Waals surface area (Å²) >= 11 is 0. The molecule has 0 saturated heterocycles. The van der Waals surface area contributed by atoms with E-state index in [1.54, 1.807) is 6.07 Å². The Bertz CT molecular complexity index is 964. The minimum absolute atomic E-state index is 0.0987. The van der Waals surface area contributed by atoms with E-state index in [-0.39, 0.29) is 12.2 Å². The van der Waals surface area contributed by atoms with Crippen LogP contribution >= 0.6 is 0 Å². The number of benzene rings is 1. The zero-order valence-electron chi connectivity index (χ0n) is 25.0. The molecule has 0 aliphatic carbocycles. The van der Waals surface area contributed by atoms with E-state index < -0.39 is 47.2 Å². The molecule has 244 valence electrons. The lowest BCUT2D eigenvalue weighted by Gasteiger charge is -2.15. The molecule has 1 rings (SSSR count). The summed E-state index contributed by atoms with van der Waals surface area (Å²) in [5, 5.41) is 18.0. The molecule has 1 aromatic carbocycles. The summed E-state index contributed by atoms with van der Waals surface area (Å²) in [4.78, 5) is 39.7. The first-order valence-electron chi connectivity index (χ1n) is 14.3. The van der Waals surface area contributed by atoms with Crippen molar-refractivity contribution < 1.29 is 47.3 Å². The van der Waals surface area contributed by atoms with Crippen LogP contribution in [0.25, 0.3) is 0 Å². The Morgan fingerprint density at radius 2 is 1.58 bits per heavy atom. The van der Waals surface area contributed by atoms with E-state index in [0.29, 0.717) is 31.8 Å². The molecule has 0 bridgehead atoms. The van der Waals surface area contributed by atoms with Crippen molar-refractivity contribution in [1.82, 2.24) is 0 Å². The van der Waals surface area contributed by atoms with Gasteiger partial charge in [0.1, 0.15) is 25.1 Å². The highest BCUT2D eigenvalue weighted by molar-refractivity contribution is 5.69. The molecule has 11 nitrogen and oxygen atoms in total. The molecule has 0 aliphatic heterocycles. The van der Waals surface area contributed by atoms with Gasteiger partial charge in [-0.3, -0.25) is 4.79 Å². The predicted molar refractivity (Wildman–Crippen MR) is 153 cm³/mol. The Morgan fingerprint density at radius 3 is 2.12 bits per heavy atom. The fourth-order valence-electron chi connectivity index (χ4n) is 3.67. The molecule has 0 atom stereocenters. The van der Waals surface area contributed by atoms with Gasteiger partial charge in [-0.2, -0.15) is 13.2 Å². The Morgan fingerprint density at radius 1 is 0.953 bits per heavy atom. The number of allylic oxidation sites excluding steroid dienone is 3. The first kappa shape index (κ1) is 39.2. The molecule has 43 heavy (non-hydrogen) atoms. The number of hydrogen-bond donors (Lipinski definition) is 0. The second-order valence-corrected chi connectivity index (χ2v) is 9.35. The number of ether oxygens (including phenoxy) is 2. The first-order chi connectivity index (χ1) is 20.4. The molecule has 14 heteroatoms. The van der Waals surface area contributed by atoms with Crippen LogP contribution in [0.3, 0.4) is 0 Å². The number of nitrogens with zero attached hydrogens (tertiary/aromatic N) is 2. The maximum atomic E-state index is 12.6. The quantitative estimate of drug-likeness (QED) is 0.0444. The summed E-state index contributed by atoms with van der Waals surface area (Å²) in [6.45, 7) is 5.48. The van der Waals surface area contributed by atoms with Crippen LogP contribution in [0.4, 0.5) is 13.2 Å². The van der Waals surface area contributed by atoms with Gasteiger partial charge in [-0.25, -0.2) is 0 Å². The van der Waals surface area contributed by atoms with E-state index in [0.717, 1.165) is 31.4 Å². The maximum Gasteiger partial charge on any atom is 0.416 e. The molecule has 0 aromatic heterocycles. The molecule has 0 radical (unpaired) electrons. The van der Waals surface area contributed by atoms with Gasteiger partial charge >= 0.3 is 12.1 Å². The van der Waals surface area contributed by atoms with Crippen LogP contribution in [0.2, 0.25) is 0 Å². The van der Waals surface area contributed by atoms with Gasteiger partial charge in [0.05, 0.1) is 12.2 Å². The van der Waals surface area contributed by atoms with Crippen molar-refractivity contribution >= 4 is 5.97 Å². The largest absolute Gasteiger partial charge is 0.493 e. The Balaban J connectivity index is 0.000000822. The van der Waals surface area contributed by atoms with Crippen molar-refractivity contribution in [2.75, 3.05) is 19.8 Å². The number of hydrogen-bond acceptors (Lipinski definition) is 9. The standard InChI is InChI=1S/C18H25F3O.C11H18N2O8/c1-3-8-15(9-4-2)10-5-6-13-22-17-12-7-11-16(14-17)18(19,20)21;1-2-3-4-5-6-7-11(14)21-10(8-19-12(15)16)9-20-13(17)18/h5,7,10-12,14-15H,3-4,6,8-9,13H2,1-2H3;3-4,10H,2,5-9H2,1H3/b10-5+;4-3-. The third-order valence-electron chi connectivity index (χ3n) is 5.63. The van der Waals surface area contributed by atoms with Crippen molar-refractivity contribution in [2.45, 2.75) is 90.8 Å². The van der Waals surface area contributed by atoms with Crippen LogP contribution in [0, 0.1) is 26.1 Å². The number of unbranched alkanes of at least 4 members (excludes halogenated alkanes) is 1. The average Bonchev–Trinajstić information content (AvgIpc) is 2.94. The van der Waals surface area contributed by atoms with E-state index >= 15 is 0 Å². The summed E-state index contributed by atoms with van der Waals surface area (Å²) in [6.07, 6.45) is 10.3. The molecule has 1 aromatic rings. The van der Waals surface area contributed by atoms with E-state index in [4.69, 9.17) is 9.47 Å². The topological polar surface area (TPSA) is 140 Å². The predicted octanol–water partition coefficient (Wildman–Crippen LogP) is 7.70. The zero-order valence-corrected chi connectivity index (χ0v) is 25.0. The summed E-state index contributed by atoms with van der Waals surface area (Å²) in [5.74, 6) is 0.245. The number of esters is 1. The summed E-state index contributed by atoms with van der Waals surface area (Å²) in [5.41, 5.74) is -0.675. The summed E-state index contributed by atoms with van der Waals surface area (Å²) in [6, 6.07) is 5.01. The van der Waals surface area contributed by atoms with Crippen LogP contribution in [-0.4, -0.2) is 42.1 Å². The lowest BCUT2D eigenvalue weighted by Crippen LogP contribution is -2.30. The summed E-state index contributed by atoms with van der Waals surface area (Å²) in [7, 11) is 0. The van der Waals surface area contributed by atoms with Crippen LogP contribution in [0.15, 0.2) is 48.6 Å². The van der Waals surface area contributed by atoms with Crippen LogP contribution in [0.1, 0.15) is 84.1 Å². The minimum atomic E-state index is -4.33. The second kappa shape index (κ2) is 23.7. The highest BCUT2D eigenvalue weighted by Gasteiger charge is 2.30. The number of carbonyl (C=O) groups is 1. The third kappa shape index (κ3) is 22.4. The van der Waals surface area contributed by atoms with Crippen molar-refractivity contribution in [3.05, 3.63) is 74.4 Å². The zero-order chi connectivity index (χ0) is 32.5.